The first kappa shape index (κ1) is 37.3. The molecular formula is C24H41N9O8S2. The van der Waals surface area contributed by atoms with E-state index in [4.69, 9.17) is 17.2 Å². The van der Waals surface area contributed by atoms with Gasteiger partial charge in [-0.2, -0.15) is 0 Å². The van der Waals surface area contributed by atoms with Crippen LogP contribution in [-0.2, 0) is 33.6 Å². The normalized spacial score (nSPS) is 24.3. The number of guanidine groups is 1. The van der Waals surface area contributed by atoms with Gasteiger partial charge in [-0.05, 0) is 26.7 Å². The second-order valence-corrected chi connectivity index (χ2v) is 13.3. The lowest BCUT2D eigenvalue weighted by molar-refractivity contribution is -0.146. The number of carbonyl (C=O) groups excluding carboxylic acids is 6. The van der Waals surface area contributed by atoms with Crippen LogP contribution in [0.2, 0.25) is 0 Å². The van der Waals surface area contributed by atoms with E-state index in [1.54, 1.807) is 13.8 Å². The molecule has 0 unspecified atom stereocenters. The van der Waals surface area contributed by atoms with Gasteiger partial charge in [0, 0.05) is 38.1 Å². The minimum atomic E-state index is -1.54. The number of hydrogen-bond acceptors (Lipinski definition) is 10. The lowest BCUT2D eigenvalue weighted by Crippen LogP contribution is -2.60. The summed E-state index contributed by atoms with van der Waals surface area (Å²) in [6, 6.07) is -5.07. The number of carboxylic acids is 1. The third-order valence-electron chi connectivity index (χ3n) is 6.44. The topological polar surface area (TPSA) is 273 Å². The van der Waals surface area contributed by atoms with Crippen molar-refractivity contribution in [3.05, 3.63) is 0 Å². The van der Waals surface area contributed by atoms with Gasteiger partial charge in [0.05, 0.1) is 13.0 Å². The van der Waals surface area contributed by atoms with Gasteiger partial charge in [-0.3, -0.25) is 38.6 Å². The van der Waals surface area contributed by atoms with Crippen LogP contribution in [0.1, 0.15) is 40.0 Å². The number of likely N-dealkylation sites (N-methyl/N-ethyl adjacent to an activating group) is 2. The van der Waals surface area contributed by atoms with Gasteiger partial charge in [0.1, 0.15) is 24.2 Å². The molecule has 17 nitrogen and oxygen atoms in total. The molecule has 1 saturated heterocycles. The molecule has 0 aromatic carbocycles. The predicted octanol–water partition coefficient (Wildman–Crippen LogP) is -3.07. The van der Waals surface area contributed by atoms with Gasteiger partial charge in [-0.1, -0.05) is 21.6 Å². The summed E-state index contributed by atoms with van der Waals surface area (Å²) in [5.41, 5.74) is 16.3. The van der Waals surface area contributed by atoms with Crippen molar-refractivity contribution in [2.45, 2.75) is 68.9 Å². The van der Waals surface area contributed by atoms with E-state index >= 15 is 0 Å². The van der Waals surface area contributed by atoms with E-state index in [1.807, 2.05) is 0 Å². The van der Waals surface area contributed by atoms with E-state index in [2.05, 4.69) is 20.9 Å². The molecule has 0 saturated carbocycles. The molecule has 0 aromatic heterocycles. The number of nitrogens with two attached hydrogens (primary N) is 3. The summed E-state index contributed by atoms with van der Waals surface area (Å²) >= 11 is 0. The monoisotopic (exact) mass is 647 g/mol. The highest BCUT2D eigenvalue weighted by atomic mass is 33.1. The van der Waals surface area contributed by atoms with Gasteiger partial charge in [0.25, 0.3) is 0 Å². The highest BCUT2D eigenvalue weighted by Gasteiger charge is 2.40. The minimum Gasteiger partial charge on any atom is -0.481 e. The number of nitrogens with zero attached hydrogens (tertiary/aromatic N) is 3. The smallest absolute Gasteiger partial charge is 0.305 e. The third kappa shape index (κ3) is 11.8. The maximum absolute atomic E-state index is 13.5. The van der Waals surface area contributed by atoms with Crippen LogP contribution in [0.3, 0.4) is 0 Å². The average molecular weight is 648 g/mol. The Bertz CT molecular complexity index is 1120. The minimum absolute atomic E-state index is 0.00147. The van der Waals surface area contributed by atoms with Gasteiger partial charge in [-0.15, -0.1) is 0 Å². The molecule has 0 aliphatic carbocycles. The quantitative estimate of drug-likeness (QED) is 0.0599. The van der Waals surface area contributed by atoms with E-state index in [9.17, 15) is 38.7 Å². The molecule has 0 radical (unpaired) electrons. The standard InChI is InChI=1S/C24H41N9O8S2/c1-12(34)30-13-11-42-43-24(2,3)18(19(25)38)31-21(40)15(9-17(36)37)32(4)16(35)10-29-20(39)14(33(5)22(13)41)7-6-8-28-23(26)27/h13-15,18H,6-11H2,1-5H3,(H2,25,38)(H,29,39)(H,30,34)(H,31,40)(H,36,37)(H4,26,27,28)/t13-,14-,15-,18+/m1/s1. The summed E-state index contributed by atoms with van der Waals surface area (Å²) in [5, 5.41) is 16.9. The van der Waals surface area contributed by atoms with Gasteiger partial charge in [-0.25, -0.2) is 0 Å². The average Bonchev–Trinajstić information content (AvgIpc) is 2.89. The molecule has 10 N–H and O–H groups in total. The van der Waals surface area contributed by atoms with Crippen molar-refractivity contribution in [2.24, 2.45) is 22.2 Å². The number of primary amides is 1. The summed E-state index contributed by atoms with van der Waals surface area (Å²) in [7, 11) is 4.76. The summed E-state index contributed by atoms with van der Waals surface area (Å²) in [4.78, 5) is 94.8. The summed E-state index contributed by atoms with van der Waals surface area (Å²) < 4.78 is -1.10. The zero-order valence-corrected chi connectivity index (χ0v) is 26.4. The van der Waals surface area contributed by atoms with E-state index in [-0.39, 0.29) is 31.1 Å². The Morgan fingerprint density at radius 2 is 1.70 bits per heavy atom. The summed E-state index contributed by atoms with van der Waals surface area (Å²) in [5.74, 6) is -6.04. The molecule has 6 amide bonds. The Balaban J connectivity index is 3.54. The van der Waals surface area contributed by atoms with E-state index in [1.165, 1.54) is 21.0 Å². The molecule has 43 heavy (non-hydrogen) atoms. The number of aliphatic imine (C=N–C) groups is 1. The van der Waals surface area contributed by atoms with Crippen molar-refractivity contribution in [2.75, 3.05) is 32.9 Å². The van der Waals surface area contributed by atoms with Gasteiger partial charge in [0.2, 0.25) is 35.4 Å². The van der Waals surface area contributed by atoms with E-state index < -0.39 is 83.3 Å². The second kappa shape index (κ2) is 16.8. The molecule has 1 aliphatic rings. The maximum Gasteiger partial charge on any atom is 0.305 e. The summed E-state index contributed by atoms with van der Waals surface area (Å²) in [6.45, 7) is 3.94. The number of nitrogens with one attached hydrogen (secondary N) is 3. The van der Waals surface area contributed by atoms with Crippen LogP contribution in [0, 0.1) is 0 Å². The van der Waals surface area contributed by atoms with Gasteiger partial charge < -0.3 is 48.1 Å². The molecule has 0 spiro atoms. The van der Waals surface area contributed by atoms with Crippen molar-refractivity contribution in [3.63, 3.8) is 0 Å². The SMILES string of the molecule is CC(=O)N[C@@H]1CSSC(C)(C)[C@H](C(N)=O)NC(=O)[C@@H](CC(=O)O)N(C)C(=O)CNC(=O)[C@@H](CCCN=C(N)N)N(C)C1=O. The van der Waals surface area contributed by atoms with Crippen molar-refractivity contribution in [1.29, 1.82) is 0 Å². The summed E-state index contributed by atoms with van der Waals surface area (Å²) in [6.07, 6.45) is -0.430. The zero-order chi connectivity index (χ0) is 33.1. The fourth-order valence-corrected chi connectivity index (χ4v) is 6.91. The Morgan fingerprint density at radius 3 is 2.23 bits per heavy atom. The van der Waals surface area contributed by atoms with Crippen LogP contribution >= 0.6 is 21.6 Å². The maximum atomic E-state index is 13.5. The Labute approximate surface area is 257 Å². The van der Waals surface area contributed by atoms with Crippen LogP contribution < -0.4 is 33.2 Å². The van der Waals surface area contributed by atoms with Gasteiger partial charge in [0.15, 0.2) is 5.96 Å². The fraction of sp³-hybridized carbons (Fsp3) is 0.667. The number of aliphatic carboxylic acids is 1. The Hall–Kier alpha value is -3.74. The number of carboxylic acid groups (broad SMARTS) is 1. The van der Waals surface area contributed by atoms with E-state index in [0.717, 1.165) is 31.4 Å². The molecule has 4 atom stereocenters. The molecule has 19 heteroatoms. The third-order valence-corrected chi connectivity index (χ3v) is 9.75. The lowest BCUT2D eigenvalue weighted by atomic mass is 10.0. The van der Waals surface area contributed by atoms with Crippen LogP contribution in [0.5, 0.6) is 0 Å². The largest absolute Gasteiger partial charge is 0.481 e. The molecule has 242 valence electrons. The molecular weight excluding hydrogens is 606 g/mol. The van der Waals surface area contributed by atoms with Crippen LogP contribution in [0.25, 0.3) is 0 Å². The Kier molecular flexibility index (Phi) is 14.6. The predicted molar refractivity (Wildman–Crippen MR) is 161 cm³/mol. The van der Waals surface area contributed by atoms with Gasteiger partial charge >= 0.3 is 5.97 Å². The number of carbonyl (C=O) groups is 7. The van der Waals surface area contributed by atoms with Crippen molar-refractivity contribution in [1.82, 2.24) is 25.8 Å². The lowest BCUT2D eigenvalue weighted by Gasteiger charge is -2.34. The molecule has 0 bridgehead atoms. The van der Waals surface area contributed by atoms with Crippen molar-refractivity contribution >= 4 is 69.0 Å². The first-order chi connectivity index (χ1) is 19.9. The van der Waals surface area contributed by atoms with Crippen molar-refractivity contribution in [3.8, 4) is 0 Å². The molecule has 1 fully saturated rings. The van der Waals surface area contributed by atoms with Crippen molar-refractivity contribution < 1.29 is 38.7 Å². The Morgan fingerprint density at radius 1 is 1.07 bits per heavy atom. The van der Waals surface area contributed by atoms with E-state index in [0.29, 0.717) is 0 Å². The first-order valence-electron chi connectivity index (χ1n) is 13.1. The fourth-order valence-electron chi connectivity index (χ4n) is 4.09. The molecule has 1 rings (SSSR count). The highest BCUT2D eigenvalue weighted by molar-refractivity contribution is 8.77. The second-order valence-electron chi connectivity index (χ2n) is 10.3. The number of amides is 6. The highest BCUT2D eigenvalue weighted by Crippen LogP contribution is 2.38. The first-order valence-corrected chi connectivity index (χ1v) is 15.5. The van der Waals surface area contributed by atoms with Crippen LogP contribution in [0.4, 0.5) is 0 Å². The molecule has 0 aromatic rings. The van der Waals surface area contributed by atoms with Crippen LogP contribution in [-0.4, -0.2) is 124 Å². The number of hydrogen-bond donors (Lipinski definition) is 7. The van der Waals surface area contributed by atoms with Crippen LogP contribution in [0.15, 0.2) is 4.99 Å². The number of rotatable bonds is 8. The molecule has 1 aliphatic heterocycles. The molecule has 1 heterocycles. The zero-order valence-electron chi connectivity index (χ0n) is 24.7.